The highest BCUT2D eigenvalue weighted by atomic mass is 16.5. The zero-order valence-corrected chi connectivity index (χ0v) is 12.9. The molecule has 1 aromatic carbocycles. The highest BCUT2D eigenvalue weighted by molar-refractivity contribution is 5.75. The van der Waals surface area contributed by atoms with Crippen molar-refractivity contribution in [3.05, 3.63) is 53.4 Å². The molecular weight excluding hydrogens is 294 g/mol. The van der Waals surface area contributed by atoms with Crippen LogP contribution in [0.25, 0.3) is 0 Å². The predicted molar refractivity (Wildman–Crippen MR) is 84.7 cm³/mol. The lowest BCUT2D eigenvalue weighted by molar-refractivity contribution is 0.144. The first kappa shape index (κ1) is 15.6. The molecule has 1 atom stereocenters. The van der Waals surface area contributed by atoms with Crippen molar-refractivity contribution in [3.63, 3.8) is 0 Å². The number of hydrogen-bond acceptors (Lipinski definition) is 4. The largest absolute Gasteiger partial charge is 0.395 e. The number of urea groups is 1. The van der Waals surface area contributed by atoms with E-state index in [0.717, 1.165) is 19.3 Å². The van der Waals surface area contributed by atoms with E-state index in [4.69, 9.17) is 4.52 Å². The SMILES string of the molecule is O=C(NCc1ccon1)N(CCO)C1CCCc2ccccc21. The van der Waals surface area contributed by atoms with Gasteiger partial charge in [-0.15, -0.1) is 0 Å². The molecule has 0 aliphatic heterocycles. The second kappa shape index (κ2) is 7.28. The number of rotatable bonds is 5. The van der Waals surface area contributed by atoms with Gasteiger partial charge < -0.3 is 19.8 Å². The minimum atomic E-state index is -0.191. The summed E-state index contributed by atoms with van der Waals surface area (Å²) in [5.74, 6) is 0. The summed E-state index contributed by atoms with van der Waals surface area (Å²) in [6, 6.07) is 9.75. The average Bonchev–Trinajstić information content (AvgIpc) is 3.11. The van der Waals surface area contributed by atoms with E-state index in [9.17, 15) is 9.90 Å². The fraction of sp³-hybridized carbons (Fsp3) is 0.412. The molecule has 1 aliphatic carbocycles. The van der Waals surface area contributed by atoms with E-state index in [1.807, 2.05) is 12.1 Å². The minimum absolute atomic E-state index is 0.00408. The number of amides is 2. The Labute approximate surface area is 135 Å². The summed E-state index contributed by atoms with van der Waals surface area (Å²) in [7, 11) is 0. The lowest BCUT2D eigenvalue weighted by Gasteiger charge is -2.35. The van der Waals surface area contributed by atoms with Crippen LogP contribution in [0.4, 0.5) is 4.79 Å². The Hall–Kier alpha value is -2.34. The standard InChI is InChI=1S/C17H21N3O3/c21-10-9-20(17(22)18-12-14-8-11-23-19-14)16-7-3-5-13-4-1-2-6-15(13)16/h1-2,4,6,8,11,16,21H,3,5,7,9-10,12H2,(H,18,22). The number of fused-ring (bicyclic) bond motifs is 1. The van der Waals surface area contributed by atoms with Gasteiger partial charge in [-0.3, -0.25) is 0 Å². The Morgan fingerprint density at radius 1 is 1.39 bits per heavy atom. The van der Waals surface area contributed by atoms with Gasteiger partial charge in [0.1, 0.15) is 12.0 Å². The number of aryl methyl sites for hydroxylation is 1. The number of nitrogens with one attached hydrogen (secondary N) is 1. The maximum atomic E-state index is 12.6. The summed E-state index contributed by atoms with van der Waals surface area (Å²) in [5, 5.41) is 16.0. The first-order chi connectivity index (χ1) is 11.3. The number of aromatic nitrogens is 1. The first-order valence-electron chi connectivity index (χ1n) is 7.92. The summed E-state index contributed by atoms with van der Waals surface area (Å²) in [4.78, 5) is 14.3. The lowest BCUT2D eigenvalue weighted by Crippen LogP contribution is -2.44. The van der Waals surface area contributed by atoms with Crippen LogP contribution in [0.3, 0.4) is 0 Å². The highest BCUT2D eigenvalue weighted by Gasteiger charge is 2.28. The molecule has 0 bridgehead atoms. The second-order valence-electron chi connectivity index (χ2n) is 5.67. The third kappa shape index (κ3) is 3.53. The van der Waals surface area contributed by atoms with Gasteiger partial charge in [-0.2, -0.15) is 0 Å². The van der Waals surface area contributed by atoms with Gasteiger partial charge in [0.25, 0.3) is 0 Å². The van der Waals surface area contributed by atoms with Gasteiger partial charge in [0.2, 0.25) is 0 Å². The van der Waals surface area contributed by atoms with Gasteiger partial charge in [-0.05, 0) is 30.4 Å². The van der Waals surface area contributed by atoms with Crippen LogP contribution in [0.1, 0.15) is 35.7 Å². The van der Waals surface area contributed by atoms with Gasteiger partial charge in [-0.1, -0.05) is 29.4 Å². The average molecular weight is 315 g/mol. The number of nitrogens with zero attached hydrogens (tertiary/aromatic N) is 2. The van der Waals surface area contributed by atoms with Gasteiger partial charge in [0, 0.05) is 12.6 Å². The van der Waals surface area contributed by atoms with Crippen molar-refractivity contribution in [2.45, 2.75) is 31.8 Å². The molecular formula is C17H21N3O3. The summed E-state index contributed by atoms with van der Waals surface area (Å²) in [6.07, 6.45) is 4.47. The van der Waals surface area contributed by atoms with Crippen molar-refractivity contribution in [3.8, 4) is 0 Å². The molecule has 0 fully saturated rings. The van der Waals surface area contributed by atoms with Crippen LogP contribution in [-0.2, 0) is 13.0 Å². The quantitative estimate of drug-likeness (QED) is 0.887. The Morgan fingerprint density at radius 3 is 3.04 bits per heavy atom. The normalized spacial score (nSPS) is 16.7. The van der Waals surface area contributed by atoms with Crippen LogP contribution in [-0.4, -0.2) is 34.3 Å². The van der Waals surface area contributed by atoms with Gasteiger partial charge >= 0.3 is 6.03 Å². The minimum Gasteiger partial charge on any atom is -0.395 e. The smallest absolute Gasteiger partial charge is 0.318 e. The number of aliphatic hydroxyl groups is 1. The summed E-state index contributed by atoms with van der Waals surface area (Å²) in [5.41, 5.74) is 3.14. The number of hydrogen-bond donors (Lipinski definition) is 2. The van der Waals surface area contributed by atoms with E-state index < -0.39 is 0 Å². The molecule has 0 radical (unpaired) electrons. The molecule has 1 unspecified atom stereocenters. The van der Waals surface area contributed by atoms with Crippen LogP contribution in [0.5, 0.6) is 0 Å². The topological polar surface area (TPSA) is 78.6 Å². The van der Waals surface area contributed by atoms with Crippen molar-refractivity contribution in [1.82, 2.24) is 15.4 Å². The summed E-state index contributed by atoms with van der Waals surface area (Å²) in [6.45, 7) is 0.561. The molecule has 2 amide bonds. The van der Waals surface area contributed by atoms with Crippen molar-refractivity contribution in [1.29, 1.82) is 0 Å². The van der Waals surface area contributed by atoms with Crippen LogP contribution in [0, 0.1) is 0 Å². The Kier molecular flexibility index (Phi) is 4.92. The summed E-state index contributed by atoms with van der Waals surface area (Å²) < 4.78 is 4.76. The molecule has 23 heavy (non-hydrogen) atoms. The first-order valence-corrected chi connectivity index (χ1v) is 7.92. The zero-order chi connectivity index (χ0) is 16.1. The van der Waals surface area contributed by atoms with Gasteiger partial charge in [-0.25, -0.2) is 4.79 Å². The summed E-state index contributed by atoms with van der Waals surface area (Å²) >= 11 is 0. The molecule has 1 heterocycles. The molecule has 0 spiro atoms. The van der Waals surface area contributed by atoms with Crippen molar-refractivity contribution >= 4 is 6.03 Å². The fourth-order valence-electron chi connectivity index (χ4n) is 3.16. The molecule has 1 aliphatic rings. The van der Waals surface area contributed by atoms with E-state index in [2.05, 4.69) is 22.6 Å². The van der Waals surface area contributed by atoms with Crippen LogP contribution in [0.2, 0.25) is 0 Å². The Balaban J connectivity index is 1.74. The number of benzene rings is 1. The molecule has 6 nitrogen and oxygen atoms in total. The monoisotopic (exact) mass is 315 g/mol. The van der Waals surface area contributed by atoms with Crippen LogP contribution < -0.4 is 5.32 Å². The Bertz CT molecular complexity index is 642. The van der Waals surface area contributed by atoms with Gasteiger partial charge in [0.05, 0.1) is 19.2 Å². The lowest BCUT2D eigenvalue weighted by atomic mass is 9.87. The molecule has 0 saturated carbocycles. The van der Waals surface area contributed by atoms with E-state index in [1.165, 1.54) is 17.4 Å². The van der Waals surface area contributed by atoms with Crippen molar-refractivity contribution in [2.75, 3.05) is 13.2 Å². The number of aliphatic hydroxyl groups excluding tert-OH is 1. The molecule has 3 rings (SSSR count). The molecule has 6 heteroatoms. The third-order valence-electron chi connectivity index (χ3n) is 4.23. The molecule has 1 aromatic heterocycles. The third-order valence-corrected chi connectivity index (χ3v) is 4.23. The van der Waals surface area contributed by atoms with E-state index in [1.54, 1.807) is 11.0 Å². The van der Waals surface area contributed by atoms with Gasteiger partial charge in [0.15, 0.2) is 0 Å². The van der Waals surface area contributed by atoms with E-state index in [0.29, 0.717) is 18.8 Å². The van der Waals surface area contributed by atoms with Crippen molar-refractivity contribution in [2.24, 2.45) is 0 Å². The van der Waals surface area contributed by atoms with E-state index in [-0.39, 0.29) is 18.7 Å². The van der Waals surface area contributed by atoms with Crippen molar-refractivity contribution < 1.29 is 14.4 Å². The predicted octanol–water partition coefficient (Wildman–Crippen LogP) is 2.26. The zero-order valence-electron chi connectivity index (χ0n) is 12.9. The number of carbonyl (C=O) groups excluding carboxylic acids is 1. The second-order valence-corrected chi connectivity index (χ2v) is 5.67. The fourth-order valence-corrected chi connectivity index (χ4v) is 3.16. The molecule has 0 saturated heterocycles. The Morgan fingerprint density at radius 2 is 2.26 bits per heavy atom. The van der Waals surface area contributed by atoms with Crippen LogP contribution >= 0.6 is 0 Å². The highest BCUT2D eigenvalue weighted by Crippen LogP contribution is 2.34. The van der Waals surface area contributed by atoms with Crippen LogP contribution in [0.15, 0.2) is 41.1 Å². The molecule has 122 valence electrons. The number of carbonyl (C=O) groups is 1. The molecule has 2 aromatic rings. The maximum absolute atomic E-state index is 12.6. The molecule has 2 N–H and O–H groups in total. The van der Waals surface area contributed by atoms with E-state index >= 15 is 0 Å². The maximum Gasteiger partial charge on any atom is 0.318 e.